The van der Waals surface area contributed by atoms with Gasteiger partial charge in [-0.3, -0.25) is 0 Å². The number of hydrogen-bond donors (Lipinski definition) is 0. The molecule has 1 atom stereocenters. The zero-order chi connectivity index (χ0) is 14.5. The molecule has 2 aromatic rings. The van der Waals surface area contributed by atoms with Gasteiger partial charge < -0.3 is 14.0 Å². The van der Waals surface area contributed by atoms with Crippen molar-refractivity contribution in [3.63, 3.8) is 0 Å². The van der Waals surface area contributed by atoms with Crippen LogP contribution in [-0.4, -0.2) is 24.4 Å². The van der Waals surface area contributed by atoms with E-state index in [9.17, 15) is 0 Å². The quantitative estimate of drug-likeness (QED) is 0.758. The van der Waals surface area contributed by atoms with Crippen molar-refractivity contribution in [2.45, 2.75) is 25.1 Å². The summed E-state index contributed by atoms with van der Waals surface area (Å²) in [6, 6.07) is 5.48. The summed E-state index contributed by atoms with van der Waals surface area (Å²) in [4.78, 5) is 4.34. The first-order valence-corrected chi connectivity index (χ1v) is 6.83. The molecule has 0 bridgehead atoms. The Morgan fingerprint density at radius 2 is 2.10 bits per heavy atom. The van der Waals surface area contributed by atoms with E-state index in [1.165, 1.54) is 0 Å². The first-order chi connectivity index (χ1) is 9.71. The van der Waals surface area contributed by atoms with Crippen molar-refractivity contribution in [2.75, 3.05) is 14.2 Å². The fourth-order valence-corrected chi connectivity index (χ4v) is 2.22. The highest BCUT2D eigenvalue weighted by Gasteiger charge is 2.20. The Hall–Kier alpha value is -1.75. The van der Waals surface area contributed by atoms with Gasteiger partial charge >= 0.3 is 0 Å². The molecule has 0 fully saturated rings. The number of methoxy groups -OCH3 is 2. The van der Waals surface area contributed by atoms with Crippen LogP contribution in [-0.2, 0) is 0 Å². The zero-order valence-electron chi connectivity index (χ0n) is 11.7. The molecule has 0 aliphatic heterocycles. The van der Waals surface area contributed by atoms with Crippen LogP contribution in [0.1, 0.15) is 31.0 Å². The van der Waals surface area contributed by atoms with Gasteiger partial charge in [0.05, 0.1) is 25.2 Å². The van der Waals surface area contributed by atoms with Crippen molar-refractivity contribution in [1.82, 2.24) is 10.1 Å². The van der Waals surface area contributed by atoms with Gasteiger partial charge in [-0.05, 0) is 18.6 Å². The summed E-state index contributed by atoms with van der Waals surface area (Å²) in [5.41, 5.74) is 0.686. The average molecular weight is 297 g/mol. The summed E-state index contributed by atoms with van der Waals surface area (Å²) < 4.78 is 15.9. The third-order valence-corrected chi connectivity index (χ3v) is 3.31. The molecule has 108 valence electrons. The molecule has 20 heavy (non-hydrogen) atoms. The highest BCUT2D eigenvalue weighted by molar-refractivity contribution is 6.20. The van der Waals surface area contributed by atoms with Crippen LogP contribution < -0.4 is 9.47 Å². The highest BCUT2D eigenvalue weighted by Crippen LogP contribution is 2.37. The molecule has 6 heteroatoms. The van der Waals surface area contributed by atoms with Crippen molar-refractivity contribution in [1.29, 1.82) is 0 Å². The lowest BCUT2D eigenvalue weighted by Crippen LogP contribution is -1.94. The van der Waals surface area contributed by atoms with Crippen LogP contribution in [0.4, 0.5) is 0 Å². The molecule has 5 nitrogen and oxygen atoms in total. The molecule has 0 radical (unpaired) electrons. The largest absolute Gasteiger partial charge is 0.493 e. The van der Waals surface area contributed by atoms with E-state index in [4.69, 9.17) is 25.6 Å². The Labute approximate surface area is 122 Å². The molecule has 0 aliphatic carbocycles. The van der Waals surface area contributed by atoms with E-state index in [1.807, 2.05) is 12.1 Å². The topological polar surface area (TPSA) is 57.4 Å². The Morgan fingerprint density at radius 1 is 1.30 bits per heavy atom. The number of nitrogens with zero attached hydrogens (tertiary/aromatic N) is 2. The van der Waals surface area contributed by atoms with E-state index < -0.39 is 0 Å². The van der Waals surface area contributed by atoms with Crippen LogP contribution in [0.15, 0.2) is 22.7 Å². The molecule has 1 aromatic carbocycles. The Bertz CT molecular complexity index is 571. The predicted molar refractivity (Wildman–Crippen MR) is 76.3 cm³/mol. The summed E-state index contributed by atoms with van der Waals surface area (Å²) in [7, 11) is 3.15. The monoisotopic (exact) mass is 296 g/mol. The average Bonchev–Trinajstić information content (AvgIpc) is 2.96. The SMILES string of the molecule is CCCC(Cl)c1noc(-c2cccc(OC)c2OC)n1. The van der Waals surface area contributed by atoms with Crippen LogP contribution in [0.2, 0.25) is 0 Å². The predicted octanol–water partition coefficient (Wildman–Crippen LogP) is 3.83. The summed E-state index contributed by atoms with van der Waals surface area (Å²) in [5.74, 6) is 2.04. The van der Waals surface area contributed by atoms with Crippen LogP contribution in [0, 0.1) is 0 Å². The molecule has 0 saturated heterocycles. The van der Waals surface area contributed by atoms with E-state index in [2.05, 4.69) is 17.1 Å². The summed E-state index contributed by atoms with van der Waals surface area (Å²) in [5, 5.41) is 3.69. The third kappa shape index (κ3) is 2.88. The van der Waals surface area contributed by atoms with Gasteiger partial charge in [-0.1, -0.05) is 24.6 Å². The minimum atomic E-state index is -0.242. The molecule has 2 rings (SSSR count). The van der Waals surface area contributed by atoms with Gasteiger partial charge in [0, 0.05) is 0 Å². The lowest BCUT2D eigenvalue weighted by atomic mass is 10.2. The van der Waals surface area contributed by atoms with Crippen molar-refractivity contribution in [3.05, 3.63) is 24.0 Å². The highest BCUT2D eigenvalue weighted by atomic mass is 35.5. The molecule has 0 N–H and O–H groups in total. The summed E-state index contributed by atoms with van der Waals surface area (Å²) in [6.45, 7) is 2.06. The molecular formula is C14H17ClN2O3. The van der Waals surface area contributed by atoms with Crippen LogP contribution >= 0.6 is 11.6 Å². The van der Waals surface area contributed by atoms with Crippen LogP contribution in [0.5, 0.6) is 11.5 Å². The number of alkyl halides is 1. The minimum absolute atomic E-state index is 0.242. The first-order valence-electron chi connectivity index (χ1n) is 6.40. The Morgan fingerprint density at radius 3 is 2.75 bits per heavy atom. The van der Waals surface area contributed by atoms with E-state index in [0.717, 1.165) is 12.8 Å². The van der Waals surface area contributed by atoms with Gasteiger partial charge in [0.1, 0.15) is 0 Å². The first kappa shape index (κ1) is 14.7. The van der Waals surface area contributed by atoms with Gasteiger partial charge in [0.15, 0.2) is 17.3 Å². The van der Waals surface area contributed by atoms with Gasteiger partial charge in [0.2, 0.25) is 0 Å². The third-order valence-electron chi connectivity index (χ3n) is 2.90. The van der Waals surface area contributed by atoms with Gasteiger partial charge in [-0.2, -0.15) is 4.98 Å². The summed E-state index contributed by atoms with van der Waals surface area (Å²) in [6.07, 6.45) is 1.76. The maximum absolute atomic E-state index is 6.20. The standard InChI is InChI=1S/C14H17ClN2O3/c1-4-6-10(15)13-16-14(20-17-13)9-7-5-8-11(18-2)12(9)19-3/h5,7-8,10H,4,6H2,1-3H3. The normalized spacial score (nSPS) is 12.2. The molecule has 0 aliphatic rings. The molecule has 1 heterocycles. The number of benzene rings is 1. The Kier molecular flexibility index (Phi) is 4.84. The van der Waals surface area contributed by atoms with Gasteiger partial charge in [-0.25, -0.2) is 0 Å². The minimum Gasteiger partial charge on any atom is -0.493 e. The number of halogens is 1. The van der Waals surface area contributed by atoms with Crippen LogP contribution in [0.25, 0.3) is 11.5 Å². The fourth-order valence-electron chi connectivity index (χ4n) is 1.91. The maximum atomic E-state index is 6.20. The molecule has 0 amide bonds. The number of hydrogen-bond acceptors (Lipinski definition) is 5. The second-order valence-electron chi connectivity index (χ2n) is 4.26. The fraction of sp³-hybridized carbons (Fsp3) is 0.429. The lowest BCUT2D eigenvalue weighted by Gasteiger charge is -2.09. The zero-order valence-corrected chi connectivity index (χ0v) is 12.5. The van der Waals surface area contributed by atoms with Gasteiger partial charge in [-0.15, -0.1) is 11.6 Å². The Balaban J connectivity index is 2.37. The van der Waals surface area contributed by atoms with Crippen molar-refractivity contribution in [2.24, 2.45) is 0 Å². The number of ether oxygens (including phenoxy) is 2. The van der Waals surface area contributed by atoms with Gasteiger partial charge in [0.25, 0.3) is 5.89 Å². The van der Waals surface area contributed by atoms with E-state index >= 15 is 0 Å². The molecule has 1 aromatic heterocycles. The molecule has 0 spiro atoms. The van der Waals surface area contributed by atoms with Crippen molar-refractivity contribution < 1.29 is 14.0 Å². The van der Waals surface area contributed by atoms with Crippen molar-refractivity contribution >= 4 is 11.6 Å². The lowest BCUT2D eigenvalue weighted by molar-refractivity contribution is 0.353. The van der Waals surface area contributed by atoms with Crippen LogP contribution in [0.3, 0.4) is 0 Å². The van der Waals surface area contributed by atoms with Crippen molar-refractivity contribution in [3.8, 4) is 23.0 Å². The molecule has 1 unspecified atom stereocenters. The molecular weight excluding hydrogens is 280 g/mol. The van der Waals surface area contributed by atoms with E-state index in [1.54, 1.807) is 20.3 Å². The summed E-state index contributed by atoms with van der Waals surface area (Å²) >= 11 is 6.20. The number of para-hydroxylation sites is 1. The molecule has 0 saturated carbocycles. The second-order valence-corrected chi connectivity index (χ2v) is 4.78. The van der Waals surface area contributed by atoms with E-state index in [0.29, 0.717) is 28.8 Å². The maximum Gasteiger partial charge on any atom is 0.261 e. The number of aromatic nitrogens is 2. The second kappa shape index (κ2) is 6.61. The number of rotatable bonds is 6. The smallest absolute Gasteiger partial charge is 0.261 e. The van der Waals surface area contributed by atoms with E-state index in [-0.39, 0.29) is 5.38 Å².